The van der Waals surface area contributed by atoms with Crippen molar-refractivity contribution in [1.29, 1.82) is 0 Å². The van der Waals surface area contributed by atoms with Gasteiger partial charge < -0.3 is 15.8 Å². The summed E-state index contributed by atoms with van der Waals surface area (Å²) < 4.78 is 6.26. The molecule has 128 valence electrons. The molecule has 1 amide bonds. The number of nitrogens with zero attached hydrogens (tertiary/aromatic N) is 1. The maximum Gasteiger partial charge on any atom is 0.222 e. The standard InChI is InChI=1S/C17H26BrN3O2/c1-23-16(11-19)10-17(22)20-15-6-8-21(9-7-15)12-13-2-4-14(18)5-3-13/h2-5,15-16H,6-12,19H2,1H3,(H,20,22). The van der Waals surface area contributed by atoms with Crippen molar-refractivity contribution in [2.75, 3.05) is 26.7 Å². The first-order valence-corrected chi connectivity index (χ1v) is 8.89. The Hall–Kier alpha value is -0.950. The molecule has 3 N–H and O–H groups in total. The summed E-state index contributed by atoms with van der Waals surface area (Å²) in [6, 6.07) is 8.71. The Morgan fingerprint density at radius 2 is 2.04 bits per heavy atom. The van der Waals surface area contributed by atoms with E-state index in [1.54, 1.807) is 7.11 Å². The van der Waals surface area contributed by atoms with Gasteiger partial charge in [0.1, 0.15) is 0 Å². The SMILES string of the molecule is COC(CN)CC(=O)NC1CCN(Cc2ccc(Br)cc2)CC1. The number of rotatable bonds is 7. The summed E-state index contributed by atoms with van der Waals surface area (Å²) in [6.07, 6.45) is 2.13. The van der Waals surface area contributed by atoms with Crippen LogP contribution in [0.1, 0.15) is 24.8 Å². The van der Waals surface area contributed by atoms with E-state index in [9.17, 15) is 4.79 Å². The normalized spacial score (nSPS) is 17.9. The molecule has 0 radical (unpaired) electrons. The molecule has 2 rings (SSSR count). The van der Waals surface area contributed by atoms with Crippen LogP contribution in [0.5, 0.6) is 0 Å². The van der Waals surface area contributed by atoms with Gasteiger partial charge in [0.15, 0.2) is 0 Å². The highest BCUT2D eigenvalue weighted by molar-refractivity contribution is 9.10. The fraction of sp³-hybridized carbons (Fsp3) is 0.588. The maximum absolute atomic E-state index is 12.0. The van der Waals surface area contributed by atoms with E-state index in [-0.39, 0.29) is 18.1 Å². The summed E-state index contributed by atoms with van der Waals surface area (Å²) in [5.74, 6) is 0.0358. The number of hydrogen-bond donors (Lipinski definition) is 2. The number of hydrogen-bond acceptors (Lipinski definition) is 4. The Morgan fingerprint density at radius 3 is 2.61 bits per heavy atom. The molecule has 0 saturated carbocycles. The van der Waals surface area contributed by atoms with E-state index >= 15 is 0 Å². The van der Waals surface area contributed by atoms with Crippen LogP contribution in [-0.4, -0.2) is 49.7 Å². The van der Waals surface area contributed by atoms with Crippen LogP contribution < -0.4 is 11.1 Å². The van der Waals surface area contributed by atoms with Crippen molar-refractivity contribution in [3.8, 4) is 0 Å². The molecule has 23 heavy (non-hydrogen) atoms. The second kappa shape index (κ2) is 9.37. The first-order valence-electron chi connectivity index (χ1n) is 8.09. The fourth-order valence-electron chi connectivity index (χ4n) is 2.84. The van der Waals surface area contributed by atoms with E-state index in [0.29, 0.717) is 13.0 Å². The van der Waals surface area contributed by atoms with Crippen LogP contribution in [0.4, 0.5) is 0 Å². The van der Waals surface area contributed by atoms with Crippen LogP contribution in [0.15, 0.2) is 28.7 Å². The minimum atomic E-state index is -0.188. The quantitative estimate of drug-likeness (QED) is 0.754. The topological polar surface area (TPSA) is 67.6 Å². The lowest BCUT2D eigenvalue weighted by molar-refractivity contribution is -0.124. The summed E-state index contributed by atoms with van der Waals surface area (Å²) >= 11 is 3.46. The highest BCUT2D eigenvalue weighted by Gasteiger charge is 2.21. The van der Waals surface area contributed by atoms with Crippen LogP contribution in [0.3, 0.4) is 0 Å². The van der Waals surface area contributed by atoms with Crippen LogP contribution in [0.25, 0.3) is 0 Å². The molecule has 1 saturated heterocycles. The van der Waals surface area contributed by atoms with E-state index in [2.05, 4.69) is 50.4 Å². The Balaban J connectivity index is 1.71. The van der Waals surface area contributed by atoms with E-state index in [0.717, 1.165) is 36.9 Å². The van der Waals surface area contributed by atoms with Gasteiger partial charge in [0, 0.05) is 43.8 Å². The number of likely N-dealkylation sites (tertiary alicyclic amines) is 1. The second-order valence-electron chi connectivity index (χ2n) is 6.04. The van der Waals surface area contributed by atoms with Gasteiger partial charge >= 0.3 is 0 Å². The van der Waals surface area contributed by atoms with Crippen molar-refractivity contribution >= 4 is 21.8 Å². The Morgan fingerprint density at radius 1 is 1.39 bits per heavy atom. The zero-order valence-electron chi connectivity index (χ0n) is 13.6. The van der Waals surface area contributed by atoms with Crippen LogP contribution in [-0.2, 0) is 16.1 Å². The van der Waals surface area contributed by atoms with Gasteiger partial charge in [-0.05, 0) is 30.5 Å². The third-order valence-corrected chi connectivity index (χ3v) is 4.81. The molecular weight excluding hydrogens is 358 g/mol. The molecule has 1 unspecified atom stereocenters. The highest BCUT2D eigenvalue weighted by atomic mass is 79.9. The van der Waals surface area contributed by atoms with E-state index < -0.39 is 0 Å². The van der Waals surface area contributed by atoms with E-state index in [1.807, 2.05) is 0 Å². The Bertz CT molecular complexity index is 483. The van der Waals surface area contributed by atoms with Crippen LogP contribution >= 0.6 is 15.9 Å². The first kappa shape index (κ1) is 18.4. The number of halogens is 1. The number of methoxy groups -OCH3 is 1. The van der Waals surface area contributed by atoms with Crippen LogP contribution in [0.2, 0.25) is 0 Å². The zero-order chi connectivity index (χ0) is 16.7. The second-order valence-corrected chi connectivity index (χ2v) is 6.96. The fourth-order valence-corrected chi connectivity index (χ4v) is 3.10. The molecule has 5 nitrogen and oxygen atoms in total. The average Bonchev–Trinajstić information content (AvgIpc) is 2.56. The number of ether oxygens (including phenoxy) is 1. The third kappa shape index (κ3) is 6.22. The van der Waals surface area contributed by atoms with Crippen molar-refractivity contribution < 1.29 is 9.53 Å². The summed E-state index contributed by atoms with van der Waals surface area (Å²) in [5, 5.41) is 3.10. The summed E-state index contributed by atoms with van der Waals surface area (Å²) in [5.41, 5.74) is 6.87. The maximum atomic E-state index is 12.0. The summed E-state index contributed by atoms with van der Waals surface area (Å²) in [6.45, 7) is 3.35. The predicted octanol–water partition coefficient (Wildman–Crippen LogP) is 1.89. The average molecular weight is 384 g/mol. The molecule has 1 aromatic carbocycles. The molecule has 1 aromatic rings. The van der Waals surface area contributed by atoms with E-state index in [4.69, 9.17) is 10.5 Å². The molecule has 1 heterocycles. The number of piperidine rings is 1. The molecule has 1 aliphatic heterocycles. The van der Waals surface area contributed by atoms with Crippen molar-refractivity contribution in [2.45, 2.75) is 38.0 Å². The summed E-state index contributed by atoms with van der Waals surface area (Å²) in [7, 11) is 1.59. The summed E-state index contributed by atoms with van der Waals surface area (Å²) in [4.78, 5) is 14.4. The zero-order valence-corrected chi connectivity index (χ0v) is 15.2. The molecule has 0 bridgehead atoms. The molecule has 0 aliphatic carbocycles. The highest BCUT2D eigenvalue weighted by Crippen LogP contribution is 2.16. The molecule has 1 aliphatic rings. The minimum absolute atomic E-state index is 0.0358. The van der Waals surface area contributed by atoms with E-state index in [1.165, 1.54) is 5.56 Å². The molecule has 1 fully saturated rings. The number of benzene rings is 1. The molecule has 0 aromatic heterocycles. The van der Waals surface area contributed by atoms with Gasteiger partial charge in [-0.2, -0.15) is 0 Å². The monoisotopic (exact) mass is 383 g/mol. The Labute approximate surface area is 146 Å². The molecule has 0 spiro atoms. The van der Waals surface area contributed by atoms with Crippen LogP contribution in [0, 0.1) is 0 Å². The predicted molar refractivity (Wildman–Crippen MR) is 95.1 cm³/mol. The lowest BCUT2D eigenvalue weighted by Crippen LogP contribution is -2.45. The number of carbonyl (C=O) groups excluding carboxylic acids is 1. The van der Waals surface area contributed by atoms with Gasteiger partial charge in [0.05, 0.1) is 12.5 Å². The smallest absolute Gasteiger partial charge is 0.222 e. The number of nitrogens with two attached hydrogens (primary N) is 1. The van der Waals surface area contributed by atoms with Crippen molar-refractivity contribution in [3.05, 3.63) is 34.3 Å². The molecule has 6 heteroatoms. The number of nitrogens with one attached hydrogen (secondary N) is 1. The minimum Gasteiger partial charge on any atom is -0.380 e. The number of amides is 1. The lowest BCUT2D eigenvalue weighted by atomic mass is 10.0. The Kier molecular flexibility index (Phi) is 7.49. The molecular formula is C17H26BrN3O2. The lowest BCUT2D eigenvalue weighted by Gasteiger charge is -2.32. The van der Waals surface area contributed by atoms with Gasteiger partial charge in [0.25, 0.3) is 0 Å². The van der Waals surface area contributed by atoms with Gasteiger partial charge in [-0.15, -0.1) is 0 Å². The first-order chi connectivity index (χ1) is 11.1. The molecule has 1 atom stereocenters. The van der Waals surface area contributed by atoms with Crippen molar-refractivity contribution in [3.63, 3.8) is 0 Å². The van der Waals surface area contributed by atoms with Crippen molar-refractivity contribution in [2.24, 2.45) is 5.73 Å². The van der Waals surface area contributed by atoms with Crippen molar-refractivity contribution in [1.82, 2.24) is 10.2 Å². The van der Waals surface area contributed by atoms with Gasteiger partial charge in [-0.25, -0.2) is 0 Å². The van der Waals surface area contributed by atoms with Gasteiger partial charge in [0.2, 0.25) is 5.91 Å². The van der Waals surface area contributed by atoms with Gasteiger partial charge in [-0.3, -0.25) is 9.69 Å². The van der Waals surface area contributed by atoms with Gasteiger partial charge in [-0.1, -0.05) is 28.1 Å². The number of carbonyl (C=O) groups is 1. The third-order valence-electron chi connectivity index (χ3n) is 4.28. The largest absolute Gasteiger partial charge is 0.380 e.